The maximum absolute atomic E-state index is 12.6. The van der Waals surface area contributed by atoms with E-state index in [9.17, 15) is 10.1 Å². The van der Waals surface area contributed by atoms with E-state index in [-0.39, 0.29) is 11.9 Å². The summed E-state index contributed by atoms with van der Waals surface area (Å²) >= 11 is 13.6. The summed E-state index contributed by atoms with van der Waals surface area (Å²) in [5, 5.41) is 12.3. The minimum Gasteiger partial charge on any atom is -0.336 e. The van der Waals surface area contributed by atoms with E-state index >= 15 is 0 Å². The molecule has 1 amide bonds. The van der Waals surface area contributed by atoms with E-state index in [2.05, 4.69) is 11.0 Å². The largest absolute Gasteiger partial charge is 0.336 e. The number of piperazine rings is 1. The summed E-state index contributed by atoms with van der Waals surface area (Å²) in [5.74, 6) is -0.0963. The number of benzene rings is 1. The Morgan fingerprint density at radius 1 is 1.21 bits per heavy atom. The molecule has 1 aliphatic rings. The normalized spacial score (nSPS) is 16.6. The molecule has 0 radical (unpaired) electrons. The van der Waals surface area contributed by atoms with Gasteiger partial charge < -0.3 is 4.90 Å². The fourth-order valence-electron chi connectivity index (χ4n) is 2.79. The van der Waals surface area contributed by atoms with Crippen LogP contribution in [0.1, 0.15) is 21.3 Å². The van der Waals surface area contributed by atoms with Crippen molar-refractivity contribution in [1.29, 1.82) is 5.26 Å². The molecule has 124 valence electrons. The van der Waals surface area contributed by atoms with Gasteiger partial charge in [-0.25, -0.2) is 0 Å². The third-order valence-corrected chi connectivity index (χ3v) is 5.54. The van der Waals surface area contributed by atoms with Gasteiger partial charge >= 0.3 is 0 Å². The van der Waals surface area contributed by atoms with E-state index in [1.807, 2.05) is 17.5 Å². The molecule has 7 heteroatoms. The topological polar surface area (TPSA) is 47.3 Å². The standard InChI is InChI=1S/C17H15Cl2N3OS/c18-12-3-4-13(14(19)10-12)17(23)22-7-5-21(6-8-22)15(11-20)16-2-1-9-24-16/h1-4,9-10,15H,5-8H2. The molecule has 24 heavy (non-hydrogen) atoms. The number of nitriles is 1. The van der Waals surface area contributed by atoms with Crippen molar-refractivity contribution in [2.24, 2.45) is 0 Å². The summed E-state index contributed by atoms with van der Waals surface area (Å²) in [6.07, 6.45) is 0. The molecule has 0 saturated carbocycles. The number of rotatable bonds is 3. The van der Waals surface area contributed by atoms with Gasteiger partial charge in [0.2, 0.25) is 0 Å². The van der Waals surface area contributed by atoms with Gasteiger partial charge in [0.15, 0.2) is 0 Å². The molecule has 2 aromatic rings. The Bertz CT molecular complexity index is 765. The van der Waals surface area contributed by atoms with Crippen molar-refractivity contribution in [3.05, 3.63) is 56.2 Å². The Labute approximate surface area is 154 Å². The van der Waals surface area contributed by atoms with Crippen molar-refractivity contribution in [2.45, 2.75) is 6.04 Å². The zero-order valence-corrected chi connectivity index (χ0v) is 15.1. The first kappa shape index (κ1) is 17.2. The van der Waals surface area contributed by atoms with Gasteiger partial charge in [-0.3, -0.25) is 9.69 Å². The van der Waals surface area contributed by atoms with Crippen LogP contribution in [-0.2, 0) is 0 Å². The molecule has 0 aliphatic carbocycles. The number of hydrogen-bond acceptors (Lipinski definition) is 4. The molecule has 1 unspecified atom stereocenters. The first-order chi connectivity index (χ1) is 11.6. The second kappa shape index (κ2) is 7.54. The molecule has 1 aromatic heterocycles. The predicted octanol–water partition coefficient (Wildman–Crippen LogP) is 4.08. The highest BCUT2D eigenvalue weighted by molar-refractivity contribution is 7.10. The summed E-state index contributed by atoms with van der Waals surface area (Å²) in [6.45, 7) is 2.46. The van der Waals surface area contributed by atoms with Gasteiger partial charge in [-0.05, 0) is 29.6 Å². The Morgan fingerprint density at radius 2 is 1.96 bits per heavy atom. The minimum atomic E-state index is -0.249. The molecule has 0 N–H and O–H groups in total. The Morgan fingerprint density at radius 3 is 2.54 bits per heavy atom. The molecular formula is C17H15Cl2N3OS. The summed E-state index contributed by atoms with van der Waals surface area (Å²) in [4.78, 5) is 17.5. The van der Waals surface area contributed by atoms with Crippen LogP contribution in [0.25, 0.3) is 0 Å². The van der Waals surface area contributed by atoms with Crippen molar-refractivity contribution >= 4 is 40.4 Å². The smallest absolute Gasteiger partial charge is 0.255 e. The van der Waals surface area contributed by atoms with E-state index in [0.717, 1.165) is 4.88 Å². The second-order valence-electron chi connectivity index (χ2n) is 5.50. The van der Waals surface area contributed by atoms with Crippen LogP contribution < -0.4 is 0 Å². The summed E-state index contributed by atoms with van der Waals surface area (Å²) in [6, 6.07) is 10.9. The SMILES string of the molecule is N#CC(c1cccs1)N1CCN(C(=O)c2ccc(Cl)cc2Cl)CC1. The van der Waals surface area contributed by atoms with Crippen LogP contribution in [0.15, 0.2) is 35.7 Å². The van der Waals surface area contributed by atoms with Crippen molar-refractivity contribution in [1.82, 2.24) is 9.80 Å². The second-order valence-corrected chi connectivity index (χ2v) is 7.32. The lowest BCUT2D eigenvalue weighted by Crippen LogP contribution is -2.49. The Balaban J connectivity index is 1.66. The monoisotopic (exact) mass is 379 g/mol. The van der Waals surface area contributed by atoms with Crippen LogP contribution >= 0.6 is 34.5 Å². The minimum absolute atomic E-state index is 0.0963. The summed E-state index contributed by atoms with van der Waals surface area (Å²) in [5.41, 5.74) is 0.463. The number of thiophene rings is 1. The van der Waals surface area contributed by atoms with Crippen LogP contribution in [0.4, 0.5) is 0 Å². The van der Waals surface area contributed by atoms with Gasteiger partial charge in [-0.2, -0.15) is 5.26 Å². The fourth-order valence-corrected chi connectivity index (χ4v) is 4.08. The number of halogens is 2. The maximum Gasteiger partial charge on any atom is 0.255 e. The van der Waals surface area contributed by atoms with Gasteiger partial charge in [0.1, 0.15) is 6.04 Å². The summed E-state index contributed by atoms with van der Waals surface area (Å²) in [7, 11) is 0. The van der Waals surface area contributed by atoms with E-state index in [1.54, 1.807) is 34.4 Å². The maximum atomic E-state index is 12.6. The number of hydrogen-bond donors (Lipinski definition) is 0. The number of amides is 1. The van der Waals surface area contributed by atoms with Crippen LogP contribution in [0.3, 0.4) is 0 Å². The Hall–Kier alpha value is -1.58. The molecule has 0 spiro atoms. The molecule has 3 rings (SSSR count). The predicted molar refractivity (Wildman–Crippen MR) is 96.6 cm³/mol. The van der Waals surface area contributed by atoms with E-state index in [1.165, 1.54) is 0 Å². The molecule has 1 fully saturated rings. The fraction of sp³-hybridized carbons (Fsp3) is 0.294. The lowest BCUT2D eigenvalue weighted by atomic mass is 10.1. The van der Waals surface area contributed by atoms with Crippen LogP contribution in [0, 0.1) is 11.3 Å². The van der Waals surface area contributed by atoms with Gasteiger partial charge in [0, 0.05) is 36.1 Å². The van der Waals surface area contributed by atoms with E-state index < -0.39 is 0 Å². The van der Waals surface area contributed by atoms with Crippen molar-refractivity contribution in [2.75, 3.05) is 26.2 Å². The van der Waals surface area contributed by atoms with Gasteiger partial charge in [-0.15, -0.1) is 11.3 Å². The van der Waals surface area contributed by atoms with Crippen LogP contribution in [0.2, 0.25) is 10.0 Å². The molecule has 1 aromatic carbocycles. The third kappa shape index (κ3) is 3.57. The van der Waals surface area contributed by atoms with Gasteiger partial charge in [0.25, 0.3) is 5.91 Å². The average Bonchev–Trinajstić information content (AvgIpc) is 3.10. The number of nitrogens with zero attached hydrogens (tertiary/aromatic N) is 3. The zero-order valence-electron chi connectivity index (χ0n) is 12.8. The molecule has 1 atom stereocenters. The van der Waals surface area contributed by atoms with Crippen molar-refractivity contribution in [3.8, 4) is 6.07 Å². The van der Waals surface area contributed by atoms with E-state index in [0.29, 0.717) is 41.8 Å². The van der Waals surface area contributed by atoms with E-state index in [4.69, 9.17) is 23.2 Å². The van der Waals surface area contributed by atoms with Crippen LogP contribution in [-0.4, -0.2) is 41.9 Å². The molecule has 4 nitrogen and oxygen atoms in total. The first-order valence-corrected chi connectivity index (χ1v) is 9.15. The Kier molecular flexibility index (Phi) is 5.42. The highest BCUT2D eigenvalue weighted by atomic mass is 35.5. The van der Waals surface area contributed by atoms with Crippen molar-refractivity contribution in [3.63, 3.8) is 0 Å². The zero-order chi connectivity index (χ0) is 17.1. The van der Waals surface area contributed by atoms with Crippen LogP contribution in [0.5, 0.6) is 0 Å². The first-order valence-electron chi connectivity index (χ1n) is 7.51. The van der Waals surface area contributed by atoms with Crippen molar-refractivity contribution < 1.29 is 4.79 Å². The van der Waals surface area contributed by atoms with Gasteiger partial charge in [-0.1, -0.05) is 29.3 Å². The van der Waals surface area contributed by atoms with Gasteiger partial charge in [0.05, 0.1) is 16.7 Å². The third-order valence-electron chi connectivity index (χ3n) is 4.06. The molecular weight excluding hydrogens is 365 g/mol. The summed E-state index contributed by atoms with van der Waals surface area (Å²) < 4.78 is 0. The molecule has 0 bridgehead atoms. The lowest BCUT2D eigenvalue weighted by molar-refractivity contribution is 0.0608. The molecule has 1 aliphatic heterocycles. The molecule has 2 heterocycles. The number of carbonyl (C=O) groups excluding carboxylic acids is 1. The highest BCUT2D eigenvalue weighted by Crippen LogP contribution is 2.27. The highest BCUT2D eigenvalue weighted by Gasteiger charge is 2.28. The average molecular weight is 380 g/mol. The quantitative estimate of drug-likeness (QED) is 0.806. The lowest BCUT2D eigenvalue weighted by Gasteiger charge is -2.36. The number of carbonyl (C=O) groups is 1. The molecule has 1 saturated heterocycles.